The molecule has 0 aliphatic heterocycles. The second-order valence-electron chi connectivity index (χ2n) is 4.45. The first kappa shape index (κ1) is 10.1. The zero-order valence-electron chi connectivity index (χ0n) is 9.04. The van der Waals surface area contributed by atoms with Crippen LogP contribution >= 0.6 is 11.6 Å². The molecule has 0 radical (unpaired) electrons. The molecule has 0 aromatic carbocycles. The van der Waals surface area contributed by atoms with Gasteiger partial charge in [0, 0.05) is 12.1 Å². The molecule has 2 heterocycles. The van der Waals surface area contributed by atoms with Gasteiger partial charge in [-0.1, -0.05) is 30.9 Å². The number of nitrogens with zero attached hydrogens (tertiary/aromatic N) is 2. The van der Waals surface area contributed by atoms with Crippen molar-refractivity contribution >= 4 is 22.8 Å². The second kappa shape index (κ2) is 4.06. The number of rotatable bonds is 1. The van der Waals surface area contributed by atoms with E-state index in [4.69, 9.17) is 11.6 Å². The summed E-state index contributed by atoms with van der Waals surface area (Å²) in [6.07, 6.45) is 8.15. The number of imidazole rings is 1. The van der Waals surface area contributed by atoms with Gasteiger partial charge >= 0.3 is 0 Å². The normalized spacial score (nSPS) is 18.1. The molecule has 2 aromatic rings. The lowest BCUT2D eigenvalue weighted by Gasteiger charge is -2.18. The lowest BCUT2D eigenvalue weighted by molar-refractivity contribution is 0.431. The van der Waals surface area contributed by atoms with Crippen LogP contribution in [0.15, 0.2) is 12.3 Å². The standard InChI is InChI=1S/C12H14ClN3/c13-9-6-7-14-12-10(9)15-11(16-12)8-4-2-1-3-5-8/h6-8H,1-5H2,(H,14,15,16). The smallest absolute Gasteiger partial charge is 0.179 e. The second-order valence-corrected chi connectivity index (χ2v) is 4.86. The molecule has 16 heavy (non-hydrogen) atoms. The van der Waals surface area contributed by atoms with Crippen LogP contribution in [-0.4, -0.2) is 15.0 Å². The molecule has 0 atom stereocenters. The third-order valence-electron chi connectivity index (χ3n) is 3.35. The van der Waals surface area contributed by atoms with Gasteiger partial charge in [0.2, 0.25) is 0 Å². The molecule has 2 aromatic heterocycles. The first-order valence-electron chi connectivity index (χ1n) is 5.85. The van der Waals surface area contributed by atoms with Gasteiger partial charge in [-0.25, -0.2) is 9.97 Å². The summed E-state index contributed by atoms with van der Waals surface area (Å²) < 4.78 is 0. The molecule has 84 valence electrons. The van der Waals surface area contributed by atoms with E-state index in [0.29, 0.717) is 10.9 Å². The fourth-order valence-corrected chi connectivity index (χ4v) is 2.66. The summed E-state index contributed by atoms with van der Waals surface area (Å²) in [5.74, 6) is 1.63. The van der Waals surface area contributed by atoms with Crippen molar-refractivity contribution in [3.63, 3.8) is 0 Å². The van der Waals surface area contributed by atoms with Gasteiger partial charge in [-0.2, -0.15) is 0 Å². The summed E-state index contributed by atoms with van der Waals surface area (Å²) in [6, 6.07) is 1.80. The Hall–Kier alpha value is -1.09. The fraction of sp³-hybridized carbons (Fsp3) is 0.500. The average molecular weight is 236 g/mol. The molecule has 1 N–H and O–H groups in total. The number of hydrogen-bond acceptors (Lipinski definition) is 2. The van der Waals surface area contributed by atoms with E-state index in [9.17, 15) is 0 Å². The molecule has 0 bridgehead atoms. The molecule has 4 heteroatoms. The van der Waals surface area contributed by atoms with Gasteiger partial charge in [0.1, 0.15) is 11.3 Å². The molecule has 1 saturated carbocycles. The predicted molar refractivity (Wildman–Crippen MR) is 64.7 cm³/mol. The molecule has 0 unspecified atom stereocenters. The Morgan fingerprint density at radius 1 is 1.25 bits per heavy atom. The zero-order chi connectivity index (χ0) is 11.0. The Kier molecular flexibility index (Phi) is 2.56. The van der Waals surface area contributed by atoms with Gasteiger partial charge < -0.3 is 4.98 Å². The fourth-order valence-electron chi connectivity index (χ4n) is 2.47. The number of fused-ring (bicyclic) bond motifs is 1. The molecule has 1 aliphatic carbocycles. The lowest BCUT2D eigenvalue weighted by Crippen LogP contribution is -2.05. The number of nitrogens with one attached hydrogen (secondary N) is 1. The van der Waals surface area contributed by atoms with Crippen molar-refractivity contribution in [3.05, 3.63) is 23.1 Å². The van der Waals surface area contributed by atoms with Crippen LogP contribution in [0.2, 0.25) is 5.02 Å². The van der Waals surface area contributed by atoms with Gasteiger partial charge in [0.25, 0.3) is 0 Å². The van der Waals surface area contributed by atoms with Crippen LogP contribution in [0.1, 0.15) is 43.8 Å². The maximum atomic E-state index is 6.10. The predicted octanol–water partition coefficient (Wildman–Crippen LogP) is 3.66. The summed E-state index contributed by atoms with van der Waals surface area (Å²) >= 11 is 6.10. The van der Waals surface area contributed by atoms with E-state index in [1.165, 1.54) is 32.1 Å². The maximum Gasteiger partial charge on any atom is 0.179 e. The van der Waals surface area contributed by atoms with Crippen LogP contribution in [-0.2, 0) is 0 Å². The zero-order valence-corrected chi connectivity index (χ0v) is 9.80. The Balaban J connectivity index is 2.01. The number of hydrogen-bond donors (Lipinski definition) is 1. The molecule has 3 rings (SSSR count). The summed E-state index contributed by atoms with van der Waals surface area (Å²) in [6.45, 7) is 0. The highest BCUT2D eigenvalue weighted by atomic mass is 35.5. The highest BCUT2D eigenvalue weighted by Crippen LogP contribution is 2.32. The van der Waals surface area contributed by atoms with Crippen molar-refractivity contribution in [1.82, 2.24) is 15.0 Å². The number of H-pyrrole nitrogens is 1. The van der Waals surface area contributed by atoms with Gasteiger partial charge in [0.15, 0.2) is 5.65 Å². The highest BCUT2D eigenvalue weighted by molar-refractivity contribution is 6.34. The van der Waals surface area contributed by atoms with Crippen molar-refractivity contribution in [2.75, 3.05) is 0 Å². The molecular weight excluding hydrogens is 222 g/mol. The minimum absolute atomic E-state index is 0.569. The molecule has 0 amide bonds. The monoisotopic (exact) mass is 235 g/mol. The summed E-state index contributed by atoms with van der Waals surface area (Å²) in [5.41, 5.74) is 1.62. The Bertz CT molecular complexity index is 500. The topological polar surface area (TPSA) is 41.6 Å². The van der Waals surface area contributed by atoms with Crippen LogP contribution in [0.4, 0.5) is 0 Å². The van der Waals surface area contributed by atoms with Crippen LogP contribution in [0.3, 0.4) is 0 Å². The number of pyridine rings is 1. The molecule has 0 spiro atoms. The Labute approximate surface area is 99.2 Å². The van der Waals surface area contributed by atoms with Gasteiger partial charge in [-0.3, -0.25) is 0 Å². The van der Waals surface area contributed by atoms with E-state index >= 15 is 0 Å². The van der Waals surface area contributed by atoms with Crippen molar-refractivity contribution in [3.8, 4) is 0 Å². The first-order chi connectivity index (χ1) is 7.84. The average Bonchev–Trinajstić information content (AvgIpc) is 2.76. The van der Waals surface area contributed by atoms with Gasteiger partial charge in [-0.05, 0) is 18.9 Å². The van der Waals surface area contributed by atoms with E-state index in [1.807, 2.05) is 0 Å². The minimum atomic E-state index is 0.569. The van der Waals surface area contributed by atoms with Crippen LogP contribution in [0.5, 0.6) is 0 Å². The largest absolute Gasteiger partial charge is 0.339 e. The van der Waals surface area contributed by atoms with Crippen molar-refractivity contribution in [2.45, 2.75) is 38.0 Å². The first-order valence-corrected chi connectivity index (χ1v) is 6.22. The molecule has 1 aliphatic rings. The van der Waals surface area contributed by atoms with E-state index < -0.39 is 0 Å². The number of halogens is 1. The van der Waals surface area contributed by atoms with Crippen molar-refractivity contribution in [2.24, 2.45) is 0 Å². The highest BCUT2D eigenvalue weighted by Gasteiger charge is 2.19. The summed E-state index contributed by atoms with van der Waals surface area (Å²) in [5, 5.41) is 0.708. The number of aromatic nitrogens is 3. The summed E-state index contributed by atoms with van der Waals surface area (Å²) in [4.78, 5) is 12.1. The van der Waals surface area contributed by atoms with E-state index in [0.717, 1.165) is 17.0 Å². The quantitative estimate of drug-likeness (QED) is 0.820. The van der Waals surface area contributed by atoms with E-state index in [2.05, 4.69) is 15.0 Å². The molecule has 3 nitrogen and oxygen atoms in total. The van der Waals surface area contributed by atoms with Crippen molar-refractivity contribution < 1.29 is 0 Å². The van der Waals surface area contributed by atoms with Crippen LogP contribution < -0.4 is 0 Å². The molecule has 1 fully saturated rings. The molecule has 0 saturated heterocycles. The summed E-state index contributed by atoms with van der Waals surface area (Å²) in [7, 11) is 0. The third kappa shape index (κ3) is 1.69. The van der Waals surface area contributed by atoms with Crippen molar-refractivity contribution in [1.29, 1.82) is 0 Å². The van der Waals surface area contributed by atoms with E-state index in [-0.39, 0.29) is 0 Å². The SMILES string of the molecule is Clc1ccnc2nc(C3CCCCC3)[nH]c12. The Morgan fingerprint density at radius 2 is 2.06 bits per heavy atom. The number of aromatic amines is 1. The lowest BCUT2D eigenvalue weighted by atomic mass is 9.89. The molecular formula is C12H14ClN3. The van der Waals surface area contributed by atoms with Crippen LogP contribution in [0, 0.1) is 0 Å². The van der Waals surface area contributed by atoms with E-state index in [1.54, 1.807) is 12.3 Å². The van der Waals surface area contributed by atoms with Gasteiger partial charge in [0.05, 0.1) is 5.02 Å². The minimum Gasteiger partial charge on any atom is -0.339 e. The van der Waals surface area contributed by atoms with Gasteiger partial charge in [-0.15, -0.1) is 0 Å². The Morgan fingerprint density at radius 3 is 2.81 bits per heavy atom. The maximum absolute atomic E-state index is 6.10. The van der Waals surface area contributed by atoms with Crippen LogP contribution in [0.25, 0.3) is 11.2 Å². The third-order valence-corrected chi connectivity index (χ3v) is 3.67.